The number of hydrogen-bond donors (Lipinski definition) is 4. The topological polar surface area (TPSA) is 90.5 Å². The molecule has 2 aromatic rings. The molecule has 126 valence electrons. The Labute approximate surface area is 148 Å². The molecule has 2 rings (SSSR count). The molecule has 0 radical (unpaired) electrons. The molecule has 6 nitrogen and oxygen atoms in total. The van der Waals surface area contributed by atoms with Crippen molar-refractivity contribution in [3.63, 3.8) is 0 Å². The summed E-state index contributed by atoms with van der Waals surface area (Å²) in [6, 6.07) is 9.76. The van der Waals surface area contributed by atoms with Crippen molar-refractivity contribution < 1.29 is 14.8 Å². The number of rotatable bonds is 5. The van der Waals surface area contributed by atoms with E-state index in [2.05, 4.69) is 10.6 Å². The van der Waals surface area contributed by atoms with Crippen LogP contribution in [0, 0.1) is 0 Å². The van der Waals surface area contributed by atoms with Gasteiger partial charge in [-0.2, -0.15) is 0 Å². The van der Waals surface area contributed by atoms with Gasteiger partial charge in [-0.25, -0.2) is 5.48 Å². The second kappa shape index (κ2) is 8.12. The standard InChI is InChI=1S/C16H15Cl2N3O3/c1-9(22)20-11-3-5-12(6-4-11)21-16(23)14-13(17)7-2-10(8-19-24)15(14)18/h2-7,19,24H,8H2,1H3,(H,20,22)(H,21,23). The Balaban J connectivity index is 2.20. The molecule has 0 saturated heterocycles. The van der Waals surface area contributed by atoms with Crippen molar-refractivity contribution in [3.05, 3.63) is 57.6 Å². The summed E-state index contributed by atoms with van der Waals surface area (Å²) >= 11 is 12.3. The molecule has 0 aliphatic rings. The predicted molar refractivity (Wildman–Crippen MR) is 93.8 cm³/mol. The van der Waals surface area contributed by atoms with Crippen molar-refractivity contribution in [2.75, 3.05) is 10.6 Å². The zero-order chi connectivity index (χ0) is 17.7. The molecule has 24 heavy (non-hydrogen) atoms. The van der Waals surface area contributed by atoms with Gasteiger partial charge >= 0.3 is 0 Å². The van der Waals surface area contributed by atoms with Crippen molar-refractivity contribution in [2.45, 2.75) is 13.5 Å². The molecule has 4 N–H and O–H groups in total. The van der Waals surface area contributed by atoms with Gasteiger partial charge in [-0.1, -0.05) is 29.3 Å². The quantitative estimate of drug-likeness (QED) is 0.606. The minimum Gasteiger partial charge on any atom is -0.326 e. The predicted octanol–water partition coefficient (Wildman–Crippen LogP) is 3.68. The van der Waals surface area contributed by atoms with Gasteiger partial charge in [-0.05, 0) is 35.9 Å². The van der Waals surface area contributed by atoms with E-state index in [4.69, 9.17) is 28.4 Å². The van der Waals surface area contributed by atoms with Gasteiger partial charge in [-0.3, -0.25) is 9.59 Å². The number of hydroxylamine groups is 1. The minimum atomic E-state index is -0.475. The summed E-state index contributed by atoms with van der Waals surface area (Å²) in [6.45, 7) is 1.50. The summed E-state index contributed by atoms with van der Waals surface area (Å²) in [6.07, 6.45) is 0. The number of anilines is 2. The molecule has 0 saturated carbocycles. The van der Waals surface area contributed by atoms with Crippen molar-refractivity contribution in [3.8, 4) is 0 Å². The summed E-state index contributed by atoms with van der Waals surface area (Å²) in [5.74, 6) is -0.656. The van der Waals surface area contributed by atoms with Crippen LogP contribution in [0.3, 0.4) is 0 Å². The highest BCUT2D eigenvalue weighted by Gasteiger charge is 2.18. The third kappa shape index (κ3) is 4.46. The summed E-state index contributed by atoms with van der Waals surface area (Å²) in [5.41, 5.74) is 3.79. The molecule has 0 fully saturated rings. The van der Waals surface area contributed by atoms with E-state index in [1.54, 1.807) is 30.3 Å². The lowest BCUT2D eigenvalue weighted by atomic mass is 10.1. The molecular weight excluding hydrogens is 353 g/mol. The molecule has 0 aliphatic heterocycles. The first-order chi connectivity index (χ1) is 11.4. The first-order valence-electron chi connectivity index (χ1n) is 6.95. The first-order valence-corrected chi connectivity index (χ1v) is 7.70. The number of amides is 2. The van der Waals surface area contributed by atoms with Crippen molar-refractivity contribution in [1.29, 1.82) is 0 Å². The molecule has 0 unspecified atom stereocenters. The molecule has 0 bridgehead atoms. The lowest BCUT2D eigenvalue weighted by molar-refractivity contribution is -0.114. The van der Waals surface area contributed by atoms with Gasteiger partial charge in [0.1, 0.15) is 0 Å². The largest absolute Gasteiger partial charge is 0.326 e. The summed E-state index contributed by atoms with van der Waals surface area (Å²) in [7, 11) is 0. The van der Waals surface area contributed by atoms with Crippen LogP contribution in [0.25, 0.3) is 0 Å². The maximum Gasteiger partial charge on any atom is 0.258 e. The lowest BCUT2D eigenvalue weighted by Gasteiger charge is -2.12. The van der Waals surface area contributed by atoms with Crippen molar-refractivity contribution in [1.82, 2.24) is 5.48 Å². The molecule has 0 aliphatic carbocycles. The Kier molecular flexibility index (Phi) is 6.16. The Morgan fingerprint density at radius 1 is 1.00 bits per heavy atom. The smallest absolute Gasteiger partial charge is 0.258 e. The van der Waals surface area contributed by atoms with E-state index in [1.165, 1.54) is 13.0 Å². The third-order valence-corrected chi connectivity index (χ3v) is 3.88. The van der Waals surface area contributed by atoms with Gasteiger partial charge in [0.2, 0.25) is 5.91 Å². The highest BCUT2D eigenvalue weighted by molar-refractivity contribution is 6.40. The fraction of sp³-hybridized carbons (Fsp3) is 0.125. The van der Waals surface area contributed by atoms with Crippen LogP contribution in [-0.2, 0) is 11.3 Å². The number of carbonyl (C=O) groups is 2. The normalized spacial score (nSPS) is 10.3. The summed E-state index contributed by atoms with van der Waals surface area (Å²) in [5, 5.41) is 14.5. The Bertz CT molecular complexity index is 764. The summed E-state index contributed by atoms with van der Waals surface area (Å²) < 4.78 is 0. The molecule has 0 atom stereocenters. The Morgan fingerprint density at radius 3 is 2.12 bits per heavy atom. The van der Waals surface area contributed by atoms with Gasteiger partial charge in [-0.15, -0.1) is 0 Å². The molecular formula is C16H15Cl2N3O3. The van der Waals surface area contributed by atoms with Crippen LogP contribution in [0.4, 0.5) is 11.4 Å². The van der Waals surface area contributed by atoms with E-state index in [9.17, 15) is 9.59 Å². The van der Waals surface area contributed by atoms with Crippen molar-refractivity contribution in [2.24, 2.45) is 0 Å². The SMILES string of the molecule is CC(=O)Nc1ccc(NC(=O)c2c(Cl)ccc(CNO)c2Cl)cc1. The van der Waals surface area contributed by atoms with E-state index < -0.39 is 5.91 Å². The Hall–Kier alpha value is -2.12. The van der Waals surface area contributed by atoms with E-state index in [0.717, 1.165) is 0 Å². The van der Waals surface area contributed by atoms with Crippen LogP contribution in [0.1, 0.15) is 22.8 Å². The van der Waals surface area contributed by atoms with Crippen LogP contribution < -0.4 is 16.1 Å². The molecule has 2 aromatic carbocycles. The zero-order valence-corrected chi connectivity index (χ0v) is 14.2. The van der Waals surface area contributed by atoms with E-state index in [-0.39, 0.29) is 28.1 Å². The number of benzene rings is 2. The van der Waals surface area contributed by atoms with E-state index in [0.29, 0.717) is 16.9 Å². The molecule has 0 aromatic heterocycles. The van der Waals surface area contributed by atoms with Crippen LogP contribution in [0.15, 0.2) is 36.4 Å². The third-order valence-electron chi connectivity index (χ3n) is 3.13. The average molecular weight is 368 g/mol. The van der Waals surface area contributed by atoms with Crippen molar-refractivity contribution >= 4 is 46.4 Å². The molecule has 2 amide bonds. The number of halogens is 2. The fourth-order valence-electron chi connectivity index (χ4n) is 2.06. The maximum absolute atomic E-state index is 12.4. The zero-order valence-electron chi connectivity index (χ0n) is 12.7. The lowest BCUT2D eigenvalue weighted by Crippen LogP contribution is -2.15. The van der Waals surface area contributed by atoms with Gasteiger partial charge in [0.25, 0.3) is 5.91 Å². The van der Waals surface area contributed by atoms with Gasteiger partial charge in [0.05, 0.1) is 15.6 Å². The van der Waals surface area contributed by atoms with Gasteiger partial charge < -0.3 is 15.8 Å². The number of nitrogens with one attached hydrogen (secondary N) is 3. The monoisotopic (exact) mass is 367 g/mol. The van der Waals surface area contributed by atoms with Gasteiger partial charge in [0.15, 0.2) is 0 Å². The molecule has 0 spiro atoms. The van der Waals surface area contributed by atoms with E-state index in [1.807, 2.05) is 5.48 Å². The average Bonchev–Trinajstić information content (AvgIpc) is 2.52. The molecule has 0 heterocycles. The maximum atomic E-state index is 12.4. The highest BCUT2D eigenvalue weighted by atomic mass is 35.5. The fourth-order valence-corrected chi connectivity index (χ4v) is 2.67. The highest BCUT2D eigenvalue weighted by Crippen LogP contribution is 2.29. The van der Waals surface area contributed by atoms with Crippen LogP contribution in [-0.4, -0.2) is 17.0 Å². The Morgan fingerprint density at radius 2 is 1.58 bits per heavy atom. The van der Waals surface area contributed by atoms with Crippen LogP contribution in [0.5, 0.6) is 0 Å². The first kappa shape index (κ1) is 18.2. The minimum absolute atomic E-state index is 0.0850. The van der Waals surface area contributed by atoms with Crippen LogP contribution >= 0.6 is 23.2 Å². The molecule has 8 heteroatoms. The second-order valence-electron chi connectivity index (χ2n) is 4.94. The summed E-state index contributed by atoms with van der Waals surface area (Å²) in [4.78, 5) is 23.4. The van der Waals surface area contributed by atoms with Crippen LogP contribution in [0.2, 0.25) is 10.0 Å². The number of carbonyl (C=O) groups excluding carboxylic acids is 2. The van der Waals surface area contributed by atoms with Gasteiger partial charge in [0, 0.05) is 24.8 Å². The second-order valence-corrected chi connectivity index (χ2v) is 5.73. The number of hydrogen-bond acceptors (Lipinski definition) is 4. The van der Waals surface area contributed by atoms with E-state index >= 15 is 0 Å².